The molecule has 5 aliphatic rings. The largest absolute Gasteiger partial charge is 0.481 e. The molecule has 11 atom stereocenters. The first kappa shape index (κ1) is 22.8. The lowest BCUT2D eigenvalue weighted by Gasteiger charge is -2.59. The Morgan fingerprint density at radius 1 is 1.22 bits per heavy atom. The standard InChI is InChI=1S/C26H40O6/c1-13(24(30-4)31-5)16-6-7-17-21-18(8-9-25(16,17)2)26(3)15(12-19(21)27)10-14(11-20(28)29)22-23(26)32-22/h10,13-14,16-19,21-24,27H,6-9,11-12H2,1-5H3,(H,28,29)/t13?,14-,16+,17?,18?,19+,21?,22-,23-,25+,26-/m0/s1. The lowest BCUT2D eigenvalue weighted by molar-refractivity contribution is -0.167. The van der Waals surface area contributed by atoms with Crippen LogP contribution in [0.4, 0.5) is 0 Å². The summed E-state index contributed by atoms with van der Waals surface area (Å²) < 4.78 is 17.4. The molecule has 1 heterocycles. The van der Waals surface area contributed by atoms with Crippen molar-refractivity contribution in [3.05, 3.63) is 11.6 Å². The fourth-order valence-electron chi connectivity index (χ4n) is 9.17. The maximum atomic E-state index is 11.5. The van der Waals surface area contributed by atoms with Gasteiger partial charge in [0.05, 0.1) is 24.7 Å². The van der Waals surface area contributed by atoms with E-state index < -0.39 is 5.97 Å². The molecule has 0 radical (unpaired) electrons. The van der Waals surface area contributed by atoms with E-state index in [0.29, 0.717) is 30.1 Å². The van der Waals surface area contributed by atoms with E-state index in [1.165, 1.54) is 5.57 Å². The van der Waals surface area contributed by atoms with Gasteiger partial charge in [-0.05, 0) is 61.2 Å². The number of carbonyl (C=O) groups is 1. The van der Waals surface area contributed by atoms with Gasteiger partial charge in [0, 0.05) is 31.5 Å². The number of epoxide rings is 1. The summed E-state index contributed by atoms with van der Waals surface area (Å²) in [7, 11) is 3.45. The van der Waals surface area contributed by atoms with Crippen molar-refractivity contribution >= 4 is 5.97 Å². The van der Waals surface area contributed by atoms with Crippen LogP contribution in [0.2, 0.25) is 0 Å². The monoisotopic (exact) mass is 448 g/mol. The Hall–Kier alpha value is -0.950. The molecule has 4 aliphatic carbocycles. The summed E-state index contributed by atoms with van der Waals surface area (Å²) >= 11 is 0. The molecule has 0 amide bonds. The third kappa shape index (κ3) is 3.09. The zero-order chi connectivity index (χ0) is 23.0. The Bertz CT molecular complexity index is 791. The van der Waals surface area contributed by atoms with Gasteiger partial charge >= 0.3 is 5.97 Å². The van der Waals surface area contributed by atoms with E-state index in [1.807, 2.05) is 0 Å². The van der Waals surface area contributed by atoms with Crippen molar-refractivity contribution in [3.8, 4) is 0 Å². The third-order valence-corrected chi connectivity index (χ3v) is 10.6. The molecular formula is C26H40O6. The van der Waals surface area contributed by atoms with E-state index in [1.54, 1.807) is 14.2 Å². The molecule has 2 N–H and O–H groups in total. The van der Waals surface area contributed by atoms with Gasteiger partial charge in [0.1, 0.15) is 0 Å². The smallest absolute Gasteiger partial charge is 0.304 e. The van der Waals surface area contributed by atoms with Crippen LogP contribution in [0.1, 0.15) is 59.3 Å². The van der Waals surface area contributed by atoms with E-state index in [2.05, 4.69) is 26.8 Å². The molecule has 6 nitrogen and oxygen atoms in total. The number of aliphatic hydroxyl groups is 1. The summed E-state index contributed by atoms with van der Waals surface area (Å²) in [5.41, 5.74) is 1.36. The Balaban J connectivity index is 1.43. The van der Waals surface area contributed by atoms with Gasteiger partial charge in [0.15, 0.2) is 6.29 Å². The third-order valence-electron chi connectivity index (χ3n) is 10.6. The van der Waals surface area contributed by atoms with Gasteiger partial charge in [-0.15, -0.1) is 0 Å². The average Bonchev–Trinajstić information content (AvgIpc) is 3.47. The molecule has 4 unspecified atom stereocenters. The van der Waals surface area contributed by atoms with Gasteiger partial charge in [0.2, 0.25) is 0 Å². The number of carboxylic acids is 1. The Labute approximate surface area is 191 Å². The van der Waals surface area contributed by atoms with Gasteiger partial charge in [-0.1, -0.05) is 32.4 Å². The number of fused-ring (bicyclic) bond motifs is 7. The summed E-state index contributed by atoms with van der Waals surface area (Å²) in [5, 5.41) is 20.8. The van der Waals surface area contributed by atoms with Crippen molar-refractivity contribution in [1.29, 1.82) is 0 Å². The van der Waals surface area contributed by atoms with Crippen LogP contribution >= 0.6 is 0 Å². The van der Waals surface area contributed by atoms with Gasteiger partial charge in [-0.3, -0.25) is 4.79 Å². The van der Waals surface area contributed by atoms with Crippen LogP contribution in [0.5, 0.6) is 0 Å². The Kier molecular flexibility index (Phi) is 5.56. The highest BCUT2D eigenvalue weighted by atomic mass is 16.7. The molecule has 0 bridgehead atoms. The molecule has 3 saturated carbocycles. The van der Waals surface area contributed by atoms with Crippen LogP contribution in [0, 0.1) is 46.3 Å². The Morgan fingerprint density at radius 2 is 1.94 bits per heavy atom. The normalized spacial score (nSPS) is 50.0. The van der Waals surface area contributed by atoms with Gasteiger partial charge < -0.3 is 24.4 Å². The van der Waals surface area contributed by atoms with Crippen LogP contribution in [0.3, 0.4) is 0 Å². The molecule has 32 heavy (non-hydrogen) atoms. The average molecular weight is 449 g/mol. The van der Waals surface area contributed by atoms with Crippen molar-refractivity contribution in [2.75, 3.05) is 14.2 Å². The van der Waals surface area contributed by atoms with Crippen molar-refractivity contribution in [1.82, 2.24) is 0 Å². The zero-order valence-electron chi connectivity index (χ0n) is 20.1. The highest BCUT2D eigenvalue weighted by Gasteiger charge is 2.69. The fourth-order valence-corrected chi connectivity index (χ4v) is 9.17. The van der Waals surface area contributed by atoms with Crippen LogP contribution in [-0.4, -0.2) is 55.0 Å². The quantitative estimate of drug-likeness (QED) is 0.364. The zero-order valence-corrected chi connectivity index (χ0v) is 20.1. The SMILES string of the molecule is COC(OC)C(C)[C@H]1CCC2C3C(CC[C@@]21C)[C@]1(C)C(=C[C@@H](CC(=O)O)[C@@H]2O[C@@H]21)C[C@H]3O. The van der Waals surface area contributed by atoms with Crippen LogP contribution in [0.15, 0.2) is 11.6 Å². The van der Waals surface area contributed by atoms with Crippen LogP contribution < -0.4 is 0 Å². The molecule has 180 valence electrons. The number of aliphatic hydroxyl groups excluding tert-OH is 1. The van der Waals surface area contributed by atoms with E-state index in [0.717, 1.165) is 25.7 Å². The topological polar surface area (TPSA) is 88.5 Å². The number of methoxy groups -OCH3 is 2. The summed E-state index contributed by atoms with van der Waals surface area (Å²) in [4.78, 5) is 11.3. The van der Waals surface area contributed by atoms with Crippen molar-refractivity contribution in [2.45, 2.75) is 83.9 Å². The highest BCUT2D eigenvalue weighted by Crippen LogP contribution is 2.70. The maximum Gasteiger partial charge on any atom is 0.304 e. The van der Waals surface area contributed by atoms with Gasteiger partial charge in [-0.2, -0.15) is 0 Å². The molecule has 5 rings (SSSR count). The lowest BCUT2D eigenvalue weighted by atomic mass is 9.45. The number of aliphatic carboxylic acids is 1. The molecule has 0 spiro atoms. The van der Waals surface area contributed by atoms with Crippen LogP contribution in [-0.2, 0) is 19.0 Å². The van der Waals surface area contributed by atoms with E-state index >= 15 is 0 Å². The Morgan fingerprint density at radius 3 is 2.59 bits per heavy atom. The second kappa shape index (κ2) is 7.79. The molecule has 4 fully saturated rings. The van der Waals surface area contributed by atoms with E-state index in [-0.39, 0.29) is 53.7 Å². The molecule has 0 aromatic rings. The fraction of sp³-hybridized carbons (Fsp3) is 0.885. The van der Waals surface area contributed by atoms with Crippen molar-refractivity contribution < 1.29 is 29.2 Å². The maximum absolute atomic E-state index is 11.5. The number of hydrogen-bond acceptors (Lipinski definition) is 5. The number of carboxylic acid groups (broad SMARTS) is 1. The predicted molar refractivity (Wildman–Crippen MR) is 119 cm³/mol. The number of ether oxygens (including phenoxy) is 3. The first-order chi connectivity index (χ1) is 15.2. The minimum atomic E-state index is -0.774. The van der Waals surface area contributed by atoms with Gasteiger partial charge in [0.25, 0.3) is 0 Å². The van der Waals surface area contributed by atoms with Gasteiger partial charge in [-0.25, -0.2) is 0 Å². The predicted octanol–water partition coefficient (Wildman–Crippen LogP) is 3.87. The summed E-state index contributed by atoms with van der Waals surface area (Å²) in [6.45, 7) is 7.05. The second-order valence-electron chi connectivity index (χ2n) is 11.7. The highest BCUT2D eigenvalue weighted by molar-refractivity contribution is 5.67. The second-order valence-corrected chi connectivity index (χ2v) is 11.7. The summed E-state index contributed by atoms with van der Waals surface area (Å²) in [6, 6.07) is 0. The minimum Gasteiger partial charge on any atom is -0.481 e. The van der Waals surface area contributed by atoms with Crippen LogP contribution in [0.25, 0.3) is 0 Å². The number of hydrogen-bond donors (Lipinski definition) is 2. The van der Waals surface area contributed by atoms with Crippen molar-refractivity contribution in [2.24, 2.45) is 46.3 Å². The first-order valence-electron chi connectivity index (χ1n) is 12.5. The molecule has 6 heteroatoms. The molecular weight excluding hydrogens is 408 g/mol. The molecule has 0 aromatic carbocycles. The minimum absolute atomic E-state index is 0.0320. The van der Waals surface area contributed by atoms with E-state index in [9.17, 15) is 15.0 Å². The van der Waals surface area contributed by atoms with E-state index in [4.69, 9.17) is 14.2 Å². The lowest BCUT2D eigenvalue weighted by Crippen LogP contribution is -2.57. The molecule has 0 aromatic heterocycles. The molecule has 1 aliphatic heterocycles. The summed E-state index contributed by atoms with van der Waals surface area (Å²) in [6.07, 6.45) is 7.07. The number of rotatable bonds is 6. The summed E-state index contributed by atoms with van der Waals surface area (Å²) in [5.74, 6) is 1.16. The van der Waals surface area contributed by atoms with Crippen molar-refractivity contribution in [3.63, 3.8) is 0 Å². The first-order valence-corrected chi connectivity index (χ1v) is 12.5. The molecule has 1 saturated heterocycles.